The maximum absolute atomic E-state index is 10.5. The Balaban J connectivity index is 1.74. The van der Waals surface area contributed by atoms with Crippen LogP contribution in [0.25, 0.3) is 0 Å². The molecule has 0 radical (unpaired) electrons. The van der Waals surface area contributed by atoms with Gasteiger partial charge in [0, 0.05) is 43.7 Å². The molecule has 5 heteroatoms. The lowest BCUT2D eigenvalue weighted by Crippen LogP contribution is -2.46. The van der Waals surface area contributed by atoms with Gasteiger partial charge in [0.05, 0.1) is 6.42 Å². The molecule has 1 aromatic carbocycles. The molecule has 104 valence electrons. The molecule has 0 aromatic heterocycles. The van der Waals surface area contributed by atoms with Crippen LogP contribution >= 0.6 is 15.9 Å². The van der Waals surface area contributed by atoms with Gasteiger partial charge in [0.2, 0.25) is 0 Å². The molecule has 1 heterocycles. The Labute approximate surface area is 122 Å². The summed E-state index contributed by atoms with van der Waals surface area (Å²) in [7, 11) is 0. The highest BCUT2D eigenvalue weighted by atomic mass is 79.9. The van der Waals surface area contributed by atoms with Gasteiger partial charge >= 0.3 is 5.97 Å². The first-order valence-corrected chi connectivity index (χ1v) is 7.34. The van der Waals surface area contributed by atoms with Crippen molar-refractivity contribution in [3.8, 4) is 0 Å². The predicted octanol–water partition coefficient (Wildman–Crippen LogP) is 2.04. The maximum Gasteiger partial charge on any atom is 0.304 e. The molecular weight excluding hydrogens is 308 g/mol. The first-order valence-electron chi connectivity index (χ1n) is 6.54. The fraction of sp³-hybridized carbons (Fsp3) is 0.500. The van der Waals surface area contributed by atoms with Gasteiger partial charge in [-0.25, -0.2) is 0 Å². The van der Waals surface area contributed by atoms with E-state index < -0.39 is 5.97 Å². The van der Waals surface area contributed by atoms with Crippen molar-refractivity contribution in [1.29, 1.82) is 0 Å². The Hall–Kier alpha value is -0.910. The van der Waals surface area contributed by atoms with Crippen LogP contribution < -0.4 is 0 Å². The Bertz CT molecular complexity index is 414. The summed E-state index contributed by atoms with van der Waals surface area (Å²) in [5.74, 6) is -0.711. The van der Waals surface area contributed by atoms with E-state index >= 15 is 0 Å². The third-order valence-corrected chi connectivity index (χ3v) is 3.95. The van der Waals surface area contributed by atoms with Gasteiger partial charge in [0.15, 0.2) is 0 Å². The summed E-state index contributed by atoms with van der Waals surface area (Å²) in [5.41, 5.74) is 1.32. The molecule has 2 rings (SSSR count). The lowest BCUT2D eigenvalue weighted by atomic mass is 10.2. The van der Waals surface area contributed by atoms with Crippen LogP contribution in [0.1, 0.15) is 12.0 Å². The van der Waals surface area contributed by atoms with Crippen LogP contribution in [0.5, 0.6) is 0 Å². The summed E-state index contributed by atoms with van der Waals surface area (Å²) in [6.07, 6.45) is 0.243. The van der Waals surface area contributed by atoms with Gasteiger partial charge in [-0.2, -0.15) is 0 Å². The van der Waals surface area contributed by atoms with E-state index in [1.165, 1.54) is 5.56 Å². The van der Waals surface area contributed by atoms with E-state index in [-0.39, 0.29) is 6.42 Å². The number of piperazine rings is 1. The van der Waals surface area contributed by atoms with E-state index in [0.29, 0.717) is 6.54 Å². The van der Waals surface area contributed by atoms with Gasteiger partial charge < -0.3 is 10.0 Å². The van der Waals surface area contributed by atoms with Gasteiger partial charge in [0.25, 0.3) is 0 Å². The van der Waals surface area contributed by atoms with Crippen LogP contribution in [0.15, 0.2) is 28.7 Å². The van der Waals surface area contributed by atoms with Crippen molar-refractivity contribution in [1.82, 2.24) is 9.80 Å². The second kappa shape index (κ2) is 7.03. The molecule has 0 aliphatic carbocycles. The summed E-state index contributed by atoms with van der Waals surface area (Å²) in [6, 6.07) is 8.42. The zero-order chi connectivity index (χ0) is 13.7. The van der Waals surface area contributed by atoms with Crippen molar-refractivity contribution in [3.63, 3.8) is 0 Å². The number of carboxylic acid groups (broad SMARTS) is 1. The average molecular weight is 327 g/mol. The average Bonchev–Trinajstić information content (AvgIpc) is 2.40. The third-order valence-electron chi connectivity index (χ3n) is 3.43. The smallest absolute Gasteiger partial charge is 0.304 e. The second-order valence-corrected chi connectivity index (χ2v) is 5.80. The number of carboxylic acids is 1. The summed E-state index contributed by atoms with van der Waals surface area (Å²) in [6.45, 7) is 5.58. The zero-order valence-corrected chi connectivity index (χ0v) is 12.5. The van der Waals surface area contributed by atoms with Gasteiger partial charge in [-0.15, -0.1) is 0 Å². The van der Waals surface area contributed by atoms with E-state index in [0.717, 1.165) is 37.2 Å². The lowest BCUT2D eigenvalue weighted by molar-refractivity contribution is -0.137. The fourth-order valence-electron chi connectivity index (χ4n) is 2.27. The molecule has 1 N–H and O–H groups in total. The number of halogens is 1. The van der Waals surface area contributed by atoms with Crippen LogP contribution in [0.2, 0.25) is 0 Å². The van der Waals surface area contributed by atoms with Crippen molar-refractivity contribution in [2.24, 2.45) is 0 Å². The number of hydrogen-bond acceptors (Lipinski definition) is 3. The van der Waals surface area contributed by atoms with Crippen molar-refractivity contribution in [3.05, 3.63) is 34.3 Å². The van der Waals surface area contributed by atoms with Gasteiger partial charge in [0.1, 0.15) is 0 Å². The highest BCUT2D eigenvalue weighted by Gasteiger charge is 2.17. The summed E-state index contributed by atoms with van der Waals surface area (Å²) in [4.78, 5) is 15.2. The van der Waals surface area contributed by atoms with E-state index in [9.17, 15) is 4.79 Å². The van der Waals surface area contributed by atoms with Gasteiger partial charge in [-0.05, 0) is 17.7 Å². The number of benzene rings is 1. The number of carbonyl (C=O) groups is 1. The fourth-order valence-corrected chi connectivity index (χ4v) is 2.54. The summed E-state index contributed by atoms with van der Waals surface area (Å²) < 4.78 is 1.11. The van der Waals surface area contributed by atoms with E-state index in [2.05, 4.69) is 50.0 Å². The van der Waals surface area contributed by atoms with Crippen LogP contribution in [0.3, 0.4) is 0 Å². The molecule has 0 spiro atoms. The molecule has 0 saturated carbocycles. The quantitative estimate of drug-likeness (QED) is 0.899. The number of hydrogen-bond donors (Lipinski definition) is 1. The topological polar surface area (TPSA) is 43.8 Å². The molecule has 19 heavy (non-hydrogen) atoms. The summed E-state index contributed by atoms with van der Waals surface area (Å²) in [5, 5.41) is 8.67. The maximum atomic E-state index is 10.5. The van der Waals surface area contributed by atoms with Crippen molar-refractivity contribution in [2.75, 3.05) is 32.7 Å². The highest BCUT2D eigenvalue weighted by molar-refractivity contribution is 9.10. The molecule has 1 aromatic rings. The first kappa shape index (κ1) is 14.5. The van der Waals surface area contributed by atoms with Crippen molar-refractivity contribution in [2.45, 2.75) is 13.0 Å². The van der Waals surface area contributed by atoms with Crippen LogP contribution in [0, 0.1) is 0 Å². The predicted molar refractivity (Wildman–Crippen MR) is 78.1 cm³/mol. The molecule has 0 bridgehead atoms. The molecule has 1 aliphatic rings. The van der Waals surface area contributed by atoms with E-state index in [4.69, 9.17) is 5.11 Å². The van der Waals surface area contributed by atoms with Gasteiger partial charge in [-0.3, -0.25) is 9.69 Å². The number of rotatable bonds is 5. The SMILES string of the molecule is O=C(O)CCN1CCN(Cc2ccc(Br)cc2)CC1. The highest BCUT2D eigenvalue weighted by Crippen LogP contribution is 2.13. The van der Waals surface area contributed by atoms with E-state index in [1.807, 2.05) is 0 Å². The molecule has 1 aliphatic heterocycles. The molecule has 0 unspecified atom stereocenters. The van der Waals surface area contributed by atoms with Crippen LogP contribution in [-0.2, 0) is 11.3 Å². The van der Waals surface area contributed by atoms with Gasteiger partial charge in [-0.1, -0.05) is 28.1 Å². The Morgan fingerprint density at radius 3 is 2.26 bits per heavy atom. The van der Waals surface area contributed by atoms with Crippen LogP contribution in [-0.4, -0.2) is 53.6 Å². The monoisotopic (exact) mass is 326 g/mol. The Kier molecular flexibility index (Phi) is 5.36. The molecule has 1 fully saturated rings. The standard InChI is InChI=1S/C14H19BrN2O2/c15-13-3-1-12(2-4-13)11-17-9-7-16(8-10-17)6-5-14(18)19/h1-4H,5-11H2,(H,18,19). The zero-order valence-electron chi connectivity index (χ0n) is 10.9. The second-order valence-electron chi connectivity index (χ2n) is 4.89. The Morgan fingerprint density at radius 1 is 1.11 bits per heavy atom. The minimum absolute atomic E-state index is 0.243. The normalized spacial score (nSPS) is 17.5. The minimum Gasteiger partial charge on any atom is -0.481 e. The molecule has 0 amide bonds. The van der Waals surface area contributed by atoms with Crippen molar-refractivity contribution >= 4 is 21.9 Å². The molecule has 0 atom stereocenters. The first-order chi connectivity index (χ1) is 9.13. The Morgan fingerprint density at radius 2 is 1.68 bits per heavy atom. The largest absolute Gasteiger partial charge is 0.481 e. The summed E-state index contributed by atoms with van der Waals surface area (Å²) >= 11 is 3.44. The van der Waals surface area contributed by atoms with Crippen LogP contribution in [0.4, 0.5) is 0 Å². The minimum atomic E-state index is -0.711. The lowest BCUT2D eigenvalue weighted by Gasteiger charge is -2.34. The van der Waals surface area contributed by atoms with E-state index in [1.54, 1.807) is 0 Å². The van der Waals surface area contributed by atoms with Crippen molar-refractivity contribution < 1.29 is 9.90 Å². The molecular formula is C14H19BrN2O2. The third kappa shape index (κ3) is 4.93. The number of nitrogens with zero attached hydrogens (tertiary/aromatic N) is 2. The molecule has 1 saturated heterocycles. The molecule has 4 nitrogen and oxygen atoms in total. The number of aliphatic carboxylic acids is 1.